The number of rotatable bonds is 6. The lowest BCUT2D eigenvalue weighted by Gasteiger charge is -2.33. The highest BCUT2D eigenvalue weighted by molar-refractivity contribution is 7.86. The van der Waals surface area contributed by atoms with Gasteiger partial charge in [0.15, 0.2) is 0 Å². The van der Waals surface area contributed by atoms with E-state index in [-0.39, 0.29) is 42.4 Å². The van der Waals surface area contributed by atoms with Crippen molar-refractivity contribution in [3.8, 4) is 5.75 Å². The predicted octanol–water partition coefficient (Wildman–Crippen LogP) is 2.07. The molecule has 1 unspecified atom stereocenters. The first-order chi connectivity index (χ1) is 15.3. The third-order valence-corrected chi connectivity index (χ3v) is 6.20. The molecule has 10 heteroatoms. The lowest BCUT2D eigenvalue weighted by atomic mass is 9.85. The number of piperidine rings is 2. The van der Waals surface area contributed by atoms with Gasteiger partial charge in [0.1, 0.15) is 11.4 Å². The van der Waals surface area contributed by atoms with Crippen LogP contribution in [0.25, 0.3) is 0 Å². The van der Waals surface area contributed by atoms with Crippen molar-refractivity contribution in [3.05, 3.63) is 29.3 Å². The Morgan fingerprint density at radius 3 is 2.39 bits per heavy atom. The van der Waals surface area contributed by atoms with Gasteiger partial charge < -0.3 is 8.92 Å². The van der Waals surface area contributed by atoms with Gasteiger partial charge in [0.2, 0.25) is 11.8 Å². The van der Waals surface area contributed by atoms with Crippen molar-refractivity contribution in [1.29, 1.82) is 0 Å². The lowest BCUT2D eigenvalue weighted by Crippen LogP contribution is -2.39. The zero-order valence-corrected chi connectivity index (χ0v) is 20.4. The number of amides is 2. The van der Waals surface area contributed by atoms with Crippen LogP contribution in [-0.4, -0.2) is 62.6 Å². The van der Waals surface area contributed by atoms with E-state index in [1.165, 1.54) is 0 Å². The molecule has 182 valence electrons. The van der Waals surface area contributed by atoms with Gasteiger partial charge in [-0.3, -0.25) is 24.6 Å². The zero-order valence-electron chi connectivity index (χ0n) is 19.5. The minimum atomic E-state index is -3.78. The SMILES string of the molecule is CC(C)(C)OC(=O)CN1CCC(c2ccc(C3CCC(=O)NC3=O)cc2OS(C)(=O)=O)CC1. The molecule has 2 aliphatic rings. The van der Waals surface area contributed by atoms with Gasteiger partial charge in [0.05, 0.1) is 18.7 Å². The summed E-state index contributed by atoms with van der Waals surface area (Å²) in [5.74, 6) is -1.24. The van der Waals surface area contributed by atoms with Crippen LogP contribution < -0.4 is 9.50 Å². The molecule has 2 saturated heterocycles. The lowest BCUT2D eigenvalue weighted by molar-refractivity contribution is -0.156. The summed E-state index contributed by atoms with van der Waals surface area (Å²) in [6.45, 7) is 7.04. The largest absolute Gasteiger partial charge is 0.459 e. The molecule has 2 amide bonds. The maximum Gasteiger partial charge on any atom is 0.320 e. The van der Waals surface area contributed by atoms with Crippen LogP contribution >= 0.6 is 0 Å². The minimum Gasteiger partial charge on any atom is -0.459 e. The fraction of sp³-hybridized carbons (Fsp3) is 0.609. The molecule has 33 heavy (non-hydrogen) atoms. The summed E-state index contributed by atoms with van der Waals surface area (Å²) in [5, 5.41) is 2.33. The molecule has 2 aliphatic heterocycles. The molecule has 9 nitrogen and oxygen atoms in total. The van der Waals surface area contributed by atoms with Crippen molar-refractivity contribution in [1.82, 2.24) is 10.2 Å². The number of benzene rings is 1. The van der Waals surface area contributed by atoms with Gasteiger partial charge >= 0.3 is 16.1 Å². The van der Waals surface area contributed by atoms with Crippen molar-refractivity contribution < 1.29 is 31.7 Å². The molecule has 2 fully saturated rings. The molecular formula is C23H32N2O7S. The second kappa shape index (κ2) is 9.80. The van der Waals surface area contributed by atoms with Crippen LogP contribution in [0.3, 0.4) is 0 Å². The molecule has 1 N–H and O–H groups in total. The zero-order chi connectivity index (χ0) is 24.4. The molecule has 0 radical (unpaired) electrons. The molecular weight excluding hydrogens is 448 g/mol. The van der Waals surface area contributed by atoms with E-state index in [2.05, 4.69) is 5.32 Å². The van der Waals surface area contributed by atoms with E-state index >= 15 is 0 Å². The molecule has 1 aromatic rings. The standard InChI is InChI=1S/C23H32N2O7S/c1-23(2,3)31-21(27)14-25-11-9-15(10-12-25)17-6-5-16(13-19(17)32-33(4,29)30)18-7-8-20(26)24-22(18)28/h5-6,13,15,18H,7-12,14H2,1-4H3,(H,24,26,28). The molecule has 1 atom stereocenters. The van der Waals surface area contributed by atoms with Gasteiger partial charge in [0, 0.05) is 6.42 Å². The Morgan fingerprint density at radius 1 is 1.15 bits per heavy atom. The van der Waals surface area contributed by atoms with Crippen LogP contribution in [-0.2, 0) is 29.2 Å². The van der Waals surface area contributed by atoms with Crippen molar-refractivity contribution in [2.24, 2.45) is 0 Å². The average molecular weight is 481 g/mol. The normalized spacial score (nSPS) is 20.9. The van der Waals surface area contributed by atoms with Gasteiger partial charge in [-0.05, 0) is 76.2 Å². The first-order valence-electron chi connectivity index (χ1n) is 11.1. The highest BCUT2D eigenvalue weighted by Crippen LogP contribution is 2.38. The molecule has 1 aromatic carbocycles. The summed E-state index contributed by atoms with van der Waals surface area (Å²) in [6.07, 6.45) is 3.03. The van der Waals surface area contributed by atoms with Crippen LogP contribution in [0.15, 0.2) is 18.2 Å². The number of likely N-dealkylation sites (tertiary alicyclic amines) is 1. The summed E-state index contributed by atoms with van der Waals surface area (Å²) >= 11 is 0. The third-order valence-electron chi connectivity index (χ3n) is 5.72. The van der Waals surface area contributed by atoms with E-state index in [9.17, 15) is 22.8 Å². The Hall–Kier alpha value is -2.46. The Balaban J connectivity index is 1.74. The van der Waals surface area contributed by atoms with Gasteiger partial charge in [-0.2, -0.15) is 8.42 Å². The molecule has 0 saturated carbocycles. The van der Waals surface area contributed by atoms with Crippen molar-refractivity contribution >= 4 is 27.9 Å². The summed E-state index contributed by atoms with van der Waals surface area (Å²) in [4.78, 5) is 37.9. The number of nitrogens with zero attached hydrogens (tertiary/aromatic N) is 1. The van der Waals surface area contributed by atoms with Crippen LogP contribution in [0.1, 0.15) is 69.4 Å². The van der Waals surface area contributed by atoms with E-state index in [1.807, 2.05) is 31.7 Å². The van der Waals surface area contributed by atoms with Crippen LogP contribution in [0, 0.1) is 0 Å². The number of hydrogen-bond acceptors (Lipinski definition) is 8. The fourth-order valence-electron chi connectivity index (χ4n) is 4.31. The number of esters is 1. The molecule has 0 bridgehead atoms. The van der Waals surface area contributed by atoms with Gasteiger partial charge in [0.25, 0.3) is 0 Å². The number of carbonyl (C=O) groups excluding carboxylic acids is 3. The fourth-order valence-corrected chi connectivity index (χ4v) is 4.78. The van der Waals surface area contributed by atoms with Crippen LogP contribution in [0.5, 0.6) is 5.75 Å². The number of nitrogens with one attached hydrogen (secondary N) is 1. The average Bonchev–Trinajstić information content (AvgIpc) is 2.66. The Morgan fingerprint density at radius 2 is 1.82 bits per heavy atom. The van der Waals surface area contributed by atoms with E-state index in [1.54, 1.807) is 12.1 Å². The predicted molar refractivity (Wildman–Crippen MR) is 121 cm³/mol. The second-order valence-electron chi connectivity index (χ2n) is 9.73. The number of carbonyl (C=O) groups is 3. The third kappa shape index (κ3) is 7.26. The number of hydrogen-bond donors (Lipinski definition) is 1. The smallest absolute Gasteiger partial charge is 0.320 e. The molecule has 3 rings (SSSR count). The highest BCUT2D eigenvalue weighted by Gasteiger charge is 2.31. The molecule has 0 spiro atoms. The minimum absolute atomic E-state index is 0.0486. The first kappa shape index (κ1) is 25.2. The summed E-state index contributed by atoms with van der Waals surface area (Å²) in [7, 11) is -3.78. The Labute approximate surface area is 194 Å². The first-order valence-corrected chi connectivity index (χ1v) is 12.9. The highest BCUT2D eigenvalue weighted by atomic mass is 32.2. The molecule has 0 aliphatic carbocycles. The maximum absolute atomic E-state index is 12.3. The van der Waals surface area contributed by atoms with Crippen molar-refractivity contribution in [2.75, 3.05) is 25.9 Å². The van der Waals surface area contributed by atoms with Crippen molar-refractivity contribution in [3.63, 3.8) is 0 Å². The van der Waals surface area contributed by atoms with Crippen LogP contribution in [0.4, 0.5) is 0 Å². The van der Waals surface area contributed by atoms with Gasteiger partial charge in [-0.1, -0.05) is 12.1 Å². The quantitative estimate of drug-likeness (QED) is 0.373. The monoisotopic (exact) mass is 480 g/mol. The number of imide groups is 1. The summed E-state index contributed by atoms with van der Waals surface area (Å²) in [5.41, 5.74) is 0.843. The van der Waals surface area contributed by atoms with Crippen molar-refractivity contribution in [2.45, 2.75) is 63.9 Å². The second-order valence-corrected chi connectivity index (χ2v) is 11.3. The van der Waals surface area contributed by atoms with E-state index in [4.69, 9.17) is 8.92 Å². The number of ether oxygens (including phenoxy) is 1. The van der Waals surface area contributed by atoms with Gasteiger partial charge in [-0.15, -0.1) is 0 Å². The summed E-state index contributed by atoms with van der Waals surface area (Å²) < 4.78 is 34.5. The molecule has 0 aromatic heterocycles. The van der Waals surface area contributed by atoms with E-state index in [0.29, 0.717) is 25.1 Å². The maximum atomic E-state index is 12.3. The topological polar surface area (TPSA) is 119 Å². The Kier molecular flexibility index (Phi) is 7.48. The Bertz CT molecular complexity index is 1020. The van der Waals surface area contributed by atoms with Crippen LogP contribution in [0.2, 0.25) is 0 Å². The van der Waals surface area contributed by atoms with E-state index < -0.39 is 21.6 Å². The van der Waals surface area contributed by atoms with Gasteiger partial charge in [-0.25, -0.2) is 0 Å². The summed E-state index contributed by atoms with van der Waals surface area (Å²) in [6, 6.07) is 5.22. The van der Waals surface area contributed by atoms with E-state index in [0.717, 1.165) is 24.7 Å². The molecule has 2 heterocycles.